The number of sulfonamides is 1. The minimum absolute atomic E-state index is 0.0347. The SMILES string of the molecule is CCCn1c(COc2ccc(F)cc2F)nc2cc(S(=O)(=O)N(C)C)ccc21. The van der Waals surface area contributed by atoms with Crippen molar-refractivity contribution in [1.82, 2.24) is 13.9 Å². The molecule has 0 fully saturated rings. The number of imidazole rings is 1. The van der Waals surface area contributed by atoms with E-state index in [1.165, 1.54) is 32.3 Å². The molecule has 0 unspecified atom stereocenters. The van der Waals surface area contributed by atoms with Gasteiger partial charge in [-0.2, -0.15) is 0 Å². The number of aromatic nitrogens is 2. The summed E-state index contributed by atoms with van der Waals surface area (Å²) >= 11 is 0. The Morgan fingerprint density at radius 3 is 2.54 bits per heavy atom. The smallest absolute Gasteiger partial charge is 0.242 e. The predicted molar refractivity (Wildman–Crippen MR) is 102 cm³/mol. The van der Waals surface area contributed by atoms with E-state index in [1.54, 1.807) is 6.07 Å². The molecule has 0 aliphatic rings. The molecule has 3 aromatic rings. The van der Waals surface area contributed by atoms with Crippen molar-refractivity contribution in [2.45, 2.75) is 31.4 Å². The number of hydrogen-bond acceptors (Lipinski definition) is 4. The number of ether oxygens (including phenoxy) is 1. The Bertz CT molecular complexity index is 1110. The number of hydrogen-bond donors (Lipinski definition) is 0. The van der Waals surface area contributed by atoms with Crippen LogP contribution in [0, 0.1) is 11.6 Å². The summed E-state index contributed by atoms with van der Waals surface area (Å²) in [6, 6.07) is 7.85. The van der Waals surface area contributed by atoms with E-state index in [9.17, 15) is 17.2 Å². The third-order valence-corrected chi connectivity index (χ3v) is 6.09. The van der Waals surface area contributed by atoms with Gasteiger partial charge in [-0.3, -0.25) is 0 Å². The van der Waals surface area contributed by atoms with Gasteiger partial charge in [0, 0.05) is 26.7 Å². The first-order valence-electron chi connectivity index (χ1n) is 8.73. The van der Waals surface area contributed by atoms with Gasteiger partial charge in [0.25, 0.3) is 0 Å². The van der Waals surface area contributed by atoms with Crippen LogP contribution >= 0.6 is 0 Å². The van der Waals surface area contributed by atoms with Crippen LogP contribution in [0.3, 0.4) is 0 Å². The average Bonchev–Trinajstić information content (AvgIpc) is 2.98. The number of nitrogens with zero attached hydrogens (tertiary/aromatic N) is 3. The van der Waals surface area contributed by atoms with E-state index in [0.717, 1.165) is 28.4 Å². The summed E-state index contributed by atoms with van der Waals surface area (Å²) in [6.45, 7) is 2.61. The van der Waals surface area contributed by atoms with Crippen molar-refractivity contribution >= 4 is 21.1 Å². The van der Waals surface area contributed by atoms with Gasteiger partial charge in [0.1, 0.15) is 18.2 Å². The summed E-state index contributed by atoms with van der Waals surface area (Å²) in [7, 11) is -0.653. The molecule has 1 aromatic heterocycles. The van der Waals surface area contributed by atoms with Crippen LogP contribution in [0.2, 0.25) is 0 Å². The lowest BCUT2D eigenvalue weighted by Crippen LogP contribution is -2.22. The predicted octanol–water partition coefficient (Wildman–Crippen LogP) is 3.55. The van der Waals surface area contributed by atoms with Gasteiger partial charge in [-0.1, -0.05) is 6.92 Å². The fourth-order valence-corrected chi connectivity index (χ4v) is 3.77. The fraction of sp³-hybridized carbons (Fsp3) is 0.316. The zero-order valence-corrected chi connectivity index (χ0v) is 16.6. The number of aryl methyl sites for hydroxylation is 1. The maximum absolute atomic E-state index is 13.8. The van der Waals surface area contributed by atoms with Crippen molar-refractivity contribution in [3.8, 4) is 5.75 Å². The van der Waals surface area contributed by atoms with Crippen molar-refractivity contribution in [2.75, 3.05) is 14.1 Å². The molecule has 1 heterocycles. The minimum Gasteiger partial charge on any atom is -0.483 e. The Balaban J connectivity index is 1.98. The Morgan fingerprint density at radius 2 is 1.89 bits per heavy atom. The summed E-state index contributed by atoms with van der Waals surface area (Å²) in [5.41, 5.74) is 1.27. The van der Waals surface area contributed by atoms with E-state index >= 15 is 0 Å². The molecular weight excluding hydrogens is 388 g/mol. The Kier molecular flexibility index (Phi) is 5.66. The first-order valence-corrected chi connectivity index (χ1v) is 10.2. The summed E-state index contributed by atoms with van der Waals surface area (Å²) in [5.74, 6) is -1.03. The molecule has 0 aliphatic carbocycles. The largest absolute Gasteiger partial charge is 0.483 e. The van der Waals surface area contributed by atoms with Crippen molar-refractivity contribution in [3.63, 3.8) is 0 Å². The van der Waals surface area contributed by atoms with Crippen LogP contribution < -0.4 is 4.74 Å². The van der Waals surface area contributed by atoms with E-state index in [4.69, 9.17) is 4.74 Å². The summed E-state index contributed by atoms with van der Waals surface area (Å²) < 4.78 is 60.1. The fourth-order valence-electron chi connectivity index (χ4n) is 2.85. The molecule has 0 aliphatic heterocycles. The number of benzene rings is 2. The lowest BCUT2D eigenvalue weighted by Gasteiger charge is -2.11. The molecule has 9 heteroatoms. The van der Waals surface area contributed by atoms with Crippen LogP contribution in [0.25, 0.3) is 11.0 Å². The van der Waals surface area contributed by atoms with E-state index in [1.807, 2.05) is 11.5 Å². The van der Waals surface area contributed by atoms with Gasteiger partial charge in [0.2, 0.25) is 10.0 Å². The molecule has 0 atom stereocenters. The monoisotopic (exact) mass is 409 g/mol. The van der Waals surface area contributed by atoms with Gasteiger partial charge in [-0.05, 0) is 36.8 Å². The second-order valence-corrected chi connectivity index (χ2v) is 8.63. The van der Waals surface area contributed by atoms with Crippen LogP contribution in [-0.2, 0) is 23.2 Å². The van der Waals surface area contributed by atoms with E-state index in [0.29, 0.717) is 17.9 Å². The molecule has 150 valence electrons. The highest BCUT2D eigenvalue weighted by Gasteiger charge is 2.20. The number of fused-ring (bicyclic) bond motifs is 1. The molecule has 0 amide bonds. The van der Waals surface area contributed by atoms with Gasteiger partial charge in [0.15, 0.2) is 11.6 Å². The molecule has 3 rings (SSSR count). The van der Waals surface area contributed by atoms with E-state index < -0.39 is 21.7 Å². The molecule has 28 heavy (non-hydrogen) atoms. The molecular formula is C19H21F2N3O3S. The summed E-state index contributed by atoms with van der Waals surface area (Å²) in [5, 5.41) is 0. The lowest BCUT2D eigenvalue weighted by molar-refractivity contribution is 0.275. The highest BCUT2D eigenvalue weighted by atomic mass is 32.2. The average molecular weight is 409 g/mol. The van der Waals surface area contributed by atoms with Crippen molar-refractivity contribution in [1.29, 1.82) is 0 Å². The summed E-state index contributed by atoms with van der Waals surface area (Å²) in [6.07, 6.45) is 0.821. The quantitative estimate of drug-likeness (QED) is 0.599. The molecule has 6 nitrogen and oxygen atoms in total. The Labute approximate surface area is 162 Å². The Hall–Kier alpha value is -2.52. The number of rotatable bonds is 7. The second kappa shape index (κ2) is 7.84. The van der Waals surface area contributed by atoms with Gasteiger partial charge >= 0.3 is 0 Å². The molecule has 0 bridgehead atoms. The third kappa shape index (κ3) is 3.85. The molecule has 2 aromatic carbocycles. The van der Waals surface area contributed by atoms with Crippen molar-refractivity contribution in [2.24, 2.45) is 0 Å². The van der Waals surface area contributed by atoms with Crippen molar-refractivity contribution in [3.05, 3.63) is 53.9 Å². The van der Waals surface area contributed by atoms with Crippen LogP contribution in [0.5, 0.6) is 5.75 Å². The van der Waals surface area contributed by atoms with Crippen LogP contribution in [0.1, 0.15) is 19.2 Å². The lowest BCUT2D eigenvalue weighted by atomic mass is 10.3. The summed E-state index contributed by atoms with van der Waals surface area (Å²) in [4.78, 5) is 4.63. The molecule has 0 N–H and O–H groups in total. The molecule has 0 saturated heterocycles. The van der Waals surface area contributed by atoms with Gasteiger partial charge in [-0.25, -0.2) is 26.5 Å². The Morgan fingerprint density at radius 1 is 1.14 bits per heavy atom. The zero-order valence-electron chi connectivity index (χ0n) is 15.8. The normalized spacial score (nSPS) is 12.1. The van der Waals surface area contributed by atoms with E-state index in [-0.39, 0.29) is 17.3 Å². The highest BCUT2D eigenvalue weighted by Crippen LogP contribution is 2.24. The van der Waals surface area contributed by atoms with Crippen LogP contribution in [0.15, 0.2) is 41.3 Å². The maximum Gasteiger partial charge on any atom is 0.242 e. The van der Waals surface area contributed by atoms with Gasteiger partial charge in [-0.15, -0.1) is 0 Å². The van der Waals surface area contributed by atoms with Crippen molar-refractivity contribution < 1.29 is 21.9 Å². The highest BCUT2D eigenvalue weighted by molar-refractivity contribution is 7.89. The van der Waals surface area contributed by atoms with Crippen LogP contribution in [-0.4, -0.2) is 36.4 Å². The zero-order chi connectivity index (χ0) is 20.5. The van der Waals surface area contributed by atoms with Gasteiger partial charge < -0.3 is 9.30 Å². The number of halogens is 2. The topological polar surface area (TPSA) is 64.4 Å². The standard InChI is InChI=1S/C19H21F2N3O3S/c1-4-9-24-17-7-6-14(28(25,26)23(2)3)11-16(17)22-19(24)12-27-18-8-5-13(20)10-15(18)21/h5-8,10-11H,4,9,12H2,1-3H3. The van der Waals surface area contributed by atoms with Gasteiger partial charge in [0.05, 0.1) is 15.9 Å². The van der Waals surface area contributed by atoms with E-state index in [2.05, 4.69) is 4.98 Å². The first kappa shape index (κ1) is 20.2. The first-order chi connectivity index (χ1) is 13.2. The molecule has 0 spiro atoms. The molecule has 0 radical (unpaired) electrons. The minimum atomic E-state index is -3.58. The second-order valence-electron chi connectivity index (χ2n) is 6.48. The van der Waals surface area contributed by atoms with Crippen LogP contribution in [0.4, 0.5) is 8.78 Å². The third-order valence-electron chi connectivity index (χ3n) is 4.28. The molecule has 0 saturated carbocycles. The maximum atomic E-state index is 13.8.